The number of aromatic amines is 1. The zero-order valence-electron chi connectivity index (χ0n) is 17.8. The van der Waals surface area contributed by atoms with Crippen LogP contribution in [0.4, 0.5) is 18.9 Å². The van der Waals surface area contributed by atoms with E-state index in [-0.39, 0.29) is 17.7 Å². The lowest BCUT2D eigenvalue weighted by Crippen LogP contribution is -2.31. The van der Waals surface area contributed by atoms with Crippen LogP contribution in [0.3, 0.4) is 0 Å². The number of halogens is 3. The molecule has 0 fully saturated rings. The van der Waals surface area contributed by atoms with Crippen LogP contribution in [0.1, 0.15) is 39.1 Å². The SMILES string of the molecule is Cc1[nH]c(C=C2C(=O)Nc3ccc(OC(F)(F)F)cc32)c(C)c1C(=O)NCC(O)n1cnnn1. The fourth-order valence-corrected chi connectivity index (χ4v) is 3.58. The van der Waals surface area contributed by atoms with Crippen molar-refractivity contribution in [1.82, 2.24) is 30.5 Å². The number of aryl methyl sites for hydroxylation is 1. The van der Waals surface area contributed by atoms with Gasteiger partial charge >= 0.3 is 6.36 Å². The molecular weight excluding hydrogens is 459 g/mol. The van der Waals surface area contributed by atoms with E-state index < -0.39 is 30.2 Å². The monoisotopic (exact) mass is 477 g/mol. The zero-order valence-corrected chi connectivity index (χ0v) is 17.8. The van der Waals surface area contributed by atoms with E-state index in [1.807, 2.05) is 0 Å². The van der Waals surface area contributed by atoms with Gasteiger partial charge in [0.15, 0.2) is 6.23 Å². The predicted molar refractivity (Wildman–Crippen MR) is 111 cm³/mol. The van der Waals surface area contributed by atoms with E-state index in [0.717, 1.165) is 16.8 Å². The average Bonchev–Trinajstić information content (AvgIpc) is 3.45. The molecule has 3 heterocycles. The highest BCUT2D eigenvalue weighted by Crippen LogP contribution is 2.37. The number of benzene rings is 1. The zero-order chi connectivity index (χ0) is 24.6. The number of anilines is 1. The minimum Gasteiger partial charge on any atom is -0.406 e. The van der Waals surface area contributed by atoms with Crippen LogP contribution in [-0.4, -0.2) is 55.0 Å². The number of hydrogen-bond acceptors (Lipinski definition) is 7. The second-order valence-electron chi connectivity index (χ2n) is 7.41. The van der Waals surface area contributed by atoms with Crippen molar-refractivity contribution in [2.75, 3.05) is 11.9 Å². The number of amides is 2. The van der Waals surface area contributed by atoms with Crippen molar-refractivity contribution in [3.63, 3.8) is 0 Å². The molecular formula is C20H18F3N7O4. The first-order valence-corrected chi connectivity index (χ1v) is 9.84. The fourth-order valence-electron chi connectivity index (χ4n) is 3.58. The number of ether oxygens (including phenoxy) is 1. The number of nitrogens with one attached hydrogen (secondary N) is 3. The van der Waals surface area contributed by atoms with Gasteiger partial charge in [0.25, 0.3) is 11.8 Å². The highest BCUT2D eigenvalue weighted by atomic mass is 19.4. The molecule has 2 amide bonds. The highest BCUT2D eigenvalue weighted by Gasteiger charge is 2.33. The number of hydrogen-bond donors (Lipinski definition) is 4. The van der Waals surface area contributed by atoms with Gasteiger partial charge in [0.1, 0.15) is 12.1 Å². The van der Waals surface area contributed by atoms with E-state index in [1.54, 1.807) is 13.8 Å². The van der Waals surface area contributed by atoms with Gasteiger partial charge in [-0.05, 0) is 54.1 Å². The molecule has 4 rings (SSSR count). The third-order valence-electron chi connectivity index (χ3n) is 5.11. The van der Waals surface area contributed by atoms with Gasteiger partial charge in [0, 0.05) is 22.6 Å². The molecule has 3 aromatic rings. The number of nitrogens with zero attached hydrogens (tertiary/aromatic N) is 4. The standard InChI is InChI=1S/C20H18F3N7O4/c1-9-15(26-10(2)17(9)19(33)24-7-16(31)30-8-25-28-29-30)6-13-12-5-11(34-20(21,22)23)3-4-14(12)27-18(13)32/h3-6,8,16,26,31H,7H2,1-2H3,(H,24,33)(H,27,32). The molecule has 2 aromatic heterocycles. The Morgan fingerprint density at radius 3 is 2.79 bits per heavy atom. The molecule has 0 aliphatic carbocycles. The van der Waals surface area contributed by atoms with Gasteiger partial charge in [-0.25, -0.2) is 4.68 Å². The van der Waals surface area contributed by atoms with Crippen LogP contribution in [0.5, 0.6) is 5.75 Å². The summed E-state index contributed by atoms with van der Waals surface area (Å²) in [5, 5.41) is 25.5. The molecule has 14 heteroatoms. The largest absolute Gasteiger partial charge is 0.573 e. The van der Waals surface area contributed by atoms with Crippen LogP contribution >= 0.6 is 0 Å². The third-order valence-corrected chi connectivity index (χ3v) is 5.11. The quantitative estimate of drug-likeness (QED) is 0.397. The number of aliphatic hydroxyl groups excluding tert-OH is 1. The number of aromatic nitrogens is 5. The molecule has 1 aliphatic heterocycles. The van der Waals surface area contributed by atoms with Crippen LogP contribution in [0.15, 0.2) is 24.5 Å². The molecule has 1 atom stereocenters. The molecule has 0 spiro atoms. The molecule has 1 aromatic carbocycles. The summed E-state index contributed by atoms with van der Waals surface area (Å²) < 4.78 is 42.8. The Morgan fingerprint density at radius 1 is 1.35 bits per heavy atom. The second kappa shape index (κ2) is 8.62. The number of aliphatic hydroxyl groups is 1. The maximum Gasteiger partial charge on any atom is 0.573 e. The lowest BCUT2D eigenvalue weighted by Gasteiger charge is -2.11. The summed E-state index contributed by atoms with van der Waals surface area (Å²) in [7, 11) is 0. The number of carbonyl (C=O) groups is 2. The topological polar surface area (TPSA) is 147 Å². The lowest BCUT2D eigenvalue weighted by atomic mass is 10.0. The number of H-pyrrole nitrogens is 1. The van der Waals surface area contributed by atoms with Crippen molar-refractivity contribution in [3.05, 3.63) is 52.6 Å². The normalized spacial score (nSPS) is 15.2. The highest BCUT2D eigenvalue weighted by molar-refractivity contribution is 6.35. The summed E-state index contributed by atoms with van der Waals surface area (Å²) in [5.41, 5.74) is 2.38. The first-order chi connectivity index (χ1) is 16.0. The van der Waals surface area contributed by atoms with Crippen molar-refractivity contribution in [1.29, 1.82) is 0 Å². The van der Waals surface area contributed by atoms with Gasteiger partial charge in [-0.2, -0.15) is 0 Å². The van der Waals surface area contributed by atoms with E-state index >= 15 is 0 Å². The number of alkyl halides is 3. The first-order valence-electron chi connectivity index (χ1n) is 9.84. The number of rotatable bonds is 6. The van der Waals surface area contributed by atoms with Gasteiger partial charge < -0.3 is 25.5 Å². The van der Waals surface area contributed by atoms with Gasteiger partial charge in [-0.3, -0.25) is 9.59 Å². The van der Waals surface area contributed by atoms with E-state index in [4.69, 9.17) is 0 Å². The molecule has 1 aliphatic rings. The molecule has 0 bridgehead atoms. The fraction of sp³-hybridized carbons (Fsp3) is 0.250. The summed E-state index contributed by atoms with van der Waals surface area (Å²) in [6.45, 7) is 3.14. The summed E-state index contributed by atoms with van der Waals surface area (Å²) >= 11 is 0. The summed E-state index contributed by atoms with van der Waals surface area (Å²) in [6.07, 6.45) is -3.40. The Labute approximate surface area is 189 Å². The van der Waals surface area contributed by atoms with Crippen molar-refractivity contribution in [2.45, 2.75) is 26.4 Å². The van der Waals surface area contributed by atoms with Gasteiger partial charge in [-0.1, -0.05) is 0 Å². The van der Waals surface area contributed by atoms with Gasteiger partial charge in [0.05, 0.1) is 17.7 Å². The smallest absolute Gasteiger partial charge is 0.406 e. The molecule has 4 N–H and O–H groups in total. The summed E-state index contributed by atoms with van der Waals surface area (Å²) in [5.74, 6) is -1.46. The van der Waals surface area contributed by atoms with Crippen LogP contribution in [-0.2, 0) is 4.79 Å². The first kappa shape index (κ1) is 23.0. The molecule has 11 nitrogen and oxygen atoms in total. The van der Waals surface area contributed by atoms with Gasteiger partial charge in [-0.15, -0.1) is 18.3 Å². The summed E-state index contributed by atoms with van der Waals surface area (Å²) in [4.78, 5) is 28.2. The lowest BCUT2D eigenvalue weighted by molar-refractivity contribution is -0.274. The minimum absolute atomic E-state index is 0.105. The van der Waals surface area contributed by atoms with E-state index in [1.165, 1.54) is 18.5 Å². The predicted octanol–water partition coefficient (Wildman–Crippen LogP) is 1.93. The molecule has 178 valence electrons. The minimum atomic E-state index is -4.87. The van der Waals surface area contributed by atoms with Gasteiger partial charge in [0.2, 0.25) is 0 Å². The van der Waals surface area contributed by atoms with Crippen molar-refractivity contribution >= 4 is 29.2 Å². The Bertz CT molecular complexity index is 1280. The molecule has 0 saturated heterocycles. The molecule has 1 unspecified atom stereocenters. The Morgan fingerprint density at radius 2 is 2.12 bits per heavy atom. The molecule has 0 radical (unpaired) electrons. The number of tetrazole rings is 1. The average molecular weight is 477 g/mol. The number of fused-ring (bicyclic) bond motifs is 1. The summed E-state index contributed by atoms with van der Waals surface area (Å²) in [6, 6.07) is 3.54. The maximum absolute atomic E-state index is 12.7. The Balaban J connectivity index is 1.59. The van der Waals surface area contributed by atoms with Crippen LogP contribution < -0.4 is 15.4 Å². The van der Waals surface area contributed by atoms with E-state index in [9.17, 15) is 27.9 Å². The van der Waals surface area contributed by atoms with Crippen molar-refractivity contribution in [2.24, 2.45) is 0 Å². The third kappa shape index (κ3) is 4.61. The number of carbonyl (C=O) groups excluding carboxylic acids is 2. The van der Waals surface area contributed by atoms with E-state index in [2.05, 4.69) is 35.9 Å². The second-order valence-corrected chi connectivity index (χ2v) is 7.41. The molecule has 34 heavy (non-hydrogen) atoms. The Hall–Kier alpha value is -4.20. The van der Waals surface area contributed by atoms with E-state index in [0.29, 0.717) is 28.2 Å². The van der Waals surface area contributed by atoms with Crippen molar-refractivity contribution < 1.29 is 32.6 Å². The van der Waals surface area contributed by atoms with Crippen LogP contribution in [0.2, 0.25) is 0 Å². The maximum atomic E-state index is 12.7. The van der Waals surface area contributed by atoms with Crippen LogP contribution in [0, 0.1) is 13.8 Å². The Kier molecular flexibility index (Phi) is 5.83. The van der Waals surface area contributed by atoms with Crippen LogP contribution in [0.25, 0.3) is 11.6 Å². The van der Waals surface area contributed by atoms with Crippen molar-refractivity contribution in [3.8, 4) is 5.75 Å². The molecule has 0 saturated carbocycles.